The highest BCUT2D eigenvalue weighted by Gasteiger charge is 2.15. The lowest BCUT2D eigenvalue weighted by Crippen LogP contribution is -2.19. The number of hydrogen-bond acceptors (Lipinski definition) is 3. The second kappa shape index (κ2) is 7.34. The lowest BCUT2D eigenvalue weighted by molar-refractivity contribution is 0.0712. The predicted molar refractivity (Wildman–Crippen MR) is 93.6 cm³/mol. The van der Waals surface area contributed by atoms with E-state index >= 15 is 0 Å². The molecular formula is C20H24O3. The number of phenols is 2. The van der Waals surface area contributed by atoms with Crippen molar-refractivity contribution in [2.75, 3.05) is 0 Å². The number of benzene rings is 2. The summed E-state index contributed by atoms with van der Waals surface area (Å²) >= 11 is 0. The molecule has 0 saturated heterocycles. The molecule has 0 aromatic heterocycles. The zero-order valence-electron chi connectivity index (χ0n) is 13.7. The zero-order valence-corrected chi connectivity index (χ0v) is 13.7. The molecule has 0 aliphatic carbocycles. The van der Waals surface area contributed by atoms with Gasteiger partial charge in [-0.15, -0.1) is 0 Å². The predicted octanol–water partition coefficient (Wildman–Crippen LogP) is 4.06. The average Bonchev–Trinajstić information content (AvgIpc) is 2.48. The van der Waals surface area contributed by atoms with Gasteiger partial charge >= 0.3 is 0 Å². The minimum absolute atomic E-state index is 0.0718. The smallest absolute Gasteiger partial charge is 0.122 e. The van der Waals surface area contributed by atoms with Crippen molar-refractivity contribution in [1.82, 2.24) is 0 Å². The van der Waals surface area contributed by atoms with Crippen LogP contribution in [0.4, 0.5) is 0 Å². The van der Waals surface area contributed by atoms with Crippen LogP contribution in [0.25, 0.3) is 6.08 Å². The van der Waals surface area contributed by atoms with Crippen molar-refractivity contribution >= 4 is 6.08 Å². The summed E-state index contributed by atoms with van der Waals surface area (Å²) in [6.07, 6.45) is 5.68. The molecule has 2 aromatic rings. The highest BCUT2D eigenvalue weighted by atomic mass is 16.3. The Morgan fingerprint density at radius 2 is 1.61 bits per heavy atom. The molecule has 0 atom stereocenters. The second-order valence-corrected chi connectivity index (χ2v) is 6.44. The van der Waals surface area contributed by atoms with Gasteiger partial charge in [-0.1, -0.05) is 42.5 Å². The highest BCUT2D eigenvalue weighted by Crippen LogP contribution is 2.30. The Morgan fingerprint density at radius 3 is 2.26 bits per heavy atom. The van der Waals surface area contributed by atoms with Crippen LogP contribution in [0.5, 0.6) is 11.5 Å². The summed E-state index contributed by atoms with van der Waals surface area (Å²) < 4.78 is 0. The minimum atomic E-state index is -0.780. The van der Waals surface area contributed by atoms with Crippen molar-refractivity contribution in [1.29, 1.82) is 0 Å². The lowest BCUT2D eigenvalue weighted by atomic mass is 9.96. The highest BCUT2D eigenvalue weighted by molar-refractivity contribution is 5.51. The van der Waals surface area contributed by atoms with E-state index in [9.17, 15) is 15.3 Å². The quantitative estimate of drug-likeness (QED) is 0.754. The number of aliphatic hydroxyl groups is 1. The Labute approximate surface area is 137 Å². The summed E-state index contributed by atoms with van der Waals surface area (Å²) in [6, 6.07) is 13.2. The fraction of sp³-hybridized carbons (Fsp3) is 0.300. The van der Waals surface area contributed by atoms with Crippen LogP contribution in [0.1, 0.15) is 37.0 Å². The number of hydrogen-bond donors (Lipinski definition) is 3. The molecule has 3 N–H and O–H groups in total. The number of rotatable bonds is 6. The molecule has 0 radical (unpaired) electrons. The molecule has 0 bridgehead atoms. The van der Waals surface area contributed by atoms with E-state index < -0.39 is 5.60 Å². The van der Waals surface area contributed by atoms with E-state index in [4.69, 9.17) is 0 Å². The van der Waals surface area contributed by atoms with Gasteiger partial charge in [0.15, 0.2) is 0 Å². The van der Waals surface area contributed by atoms with Crippen molar-refractivity contribution < 1.29 is 15.3 Å². The fourth-order valence-electron chi connectivity index (χ4n) is 2.36. The Morgan fingerprint density at radius 1 is 0.957 bits per heavy atom. The van der Waals surface area contributed by atoms with Gasteiger partial charge in [-0.25, -0.2) is 0 Å². The van der Waals surface area contributed by atoms with Crippen molar-refractivity contribution in [2.45, 2.75) is 38.7 Å². The lowest BCUT2D eigenvalue weighted by Gasteiger charge is -2.17. The Kier molecular flexibility index (Phi) is 5.45. The van der Waals surface area contributed by atoms with E-state index in [0.29, 0.717) is 19.3 Å². The molecule has 0 amide bonds. The van der Waals surface area contributed by atoms with Crippen LogP contribution in [0.3, 0.4) is 0 Å². The number of phenolic OH excluding ortho intramolecular Hbond substituents is 2. The van der Waals surface area contributed by atoms with Crippen LogP contribution in [-0.2, 0) is 12.8 Å². The van der Waals surface area contributed by atoms with Crippen molar-refractivity contribution in [3.05, 3.63) is 65.2 Å². The molecule has 0 aliphatic heterocycles. The zero-order chi connectivity index (χ0) is 16.9. The van der Waals surface area contributed by atoms with Crippen LogP contribution in [0.2, 0.25) is 0 Å². The molecule has 3 heteroatoms. The molecule has 0 aliphatic rings. The molecule has 3 nitrogen and oxygen atoms in total. The van der Waals surface area contributed by atoms with Crippen LogP contribution in [0.15, 0.2) is 48.5 Å². The monoisotopic (exact) mass is 312 g/mol. The summed E-state index contributed by atoms with van der Waals surface area (Å²) in [7, 11) is 0. The average molecular weight is 312 g/mol. The first-order valence-corrected chi connectivity index (χ1v) is 7.83. The van der Waals surface area contributed by atoms with Crippen LogP contribution in [-0.4, -0.2) is 20.9 Å². The van der Waals surface area contributed by atoms with E-state index in [-0.39, 0.29) is 11.5 Å². The van der Waals surface area contributed by atoms with Gasteiger partial charge in [0.1, 0.15) is 11.5 Å². The van der Waals surface area contributed by atoms with Gasteiger partial charge in [0, 0.05) is 6.07 Å². The van der Waals surface area contributed by atoms with Gasteiger partial charge in [0.25, 0.3) is 0 Å². The first kappa shape index (κ1) is 17.1. The summed E-state index contributed by atoms with van der Waals surface area (Å²) in [5, 5.41) is 29.8. The van der Waals surface area contributed by atoms with E-state index in [2.05, 4.69) is 0 Å². The summed E-state index contributed by atoms with van der Waals surface area (Å²) in [5.74, 6) is 0.162. The van der Waals surface area contributed by atoms with E-state index in [1.807, 2.05) is 48.6 Å². The molecule has 0 spiro atoms. The standard InChI is InChI=1S/C20H24O3/c1-20(2,23)12-11-17-13-16(18(21)14-19(17)22)10-6-9-15-7-4-3-5-8-15/h3-9,13-14,21-23H,10-12H2,1-2H3/b9-6+. The second-order valence-electron chi connectivity index (χ2n) is 6.44. The molecular weight excluding hydrogens is 288 g/mol. The first-order valence-electron chi connectivity index (χ1n) is 7.83. The third-order valence-corrected chi connectivity index (χ3v) is 3.73. The van der Waals surface area contributed by atoms with Crippen molar-refractivity contribution in [3.63, 3.8) is 0 Å². The van der Waals surface area contributed by atoms with Crippen LogP contribution < -0.4 is 0 Å². The van der Waals surface area contributed by atoms with E-state index in [1.54, 1.807) is 13.8 Å². The van der Waals surface area contributed by atoms with Gasteiger partial charge in [-0.2, -0.15) is 0 Å². The van der Waals surface area contributed by atoms with E-state index in [1.165, 1.54) is 6.07 Å². The molecule has 2 aromatic carbocycles. The van der Waals surface area contributed by atoms with Gasteiger partial charge < -0.3 is 15.3 Å². The van der Waals surface area contributed by atoms with Gasteiger partial charge in [-0.3, -0.25) is 0 Å². The summed E-state index contributed by atoms with van der Waals surface area (Å²) in [5.41, 5.74) is 1.83. The first-order chi connectivity index (χ1) is 10.8. The minimum Gasteiger partial charge on any atom is -0.508 e. The maximum atomic E-state index is 10.00. The molecule has 0 fully saturated rings. The third-order valence-electron chi connectivity index (χ3n) is 3.73. The summed E-state index contributed by atoms with van der Waals surface area (Å²) in [4.78, 5) is 0. The molecule has 0 saturated carbocycles. The number of allylic oxidation sites excluding steroid dienone is 1. The third kappa shape index (κ3) is 5.46. The van der Waals surface area contributed by atoms with Gasteiger partial charge in [-0.05, 0) is 55.9 Å². The van der Waals surface area contributed by atoms with Crippen LogP contribution >= 0.6 is 0 Å². The summed E-state index contributed by atoms with van der Waals surface area (Å²) in [6.45, 7) is 3.49. The molecule has 23 heavy (non-hydrogen) atoms. The fourth-order valence-corrected chi connectivity index (χ4v) is 2.36. The van der Waals surface area contributed by atoms with Gasteiger partial charge in [0.05, 0.1) is 5.60 Å². The van der Waals surface area contributed by atoms with Crippen molar-refractivity contribution in [3.8, 4) is 11.5 Å². The van der Waals surface area contributed by atoms with E-state index in [0.717, 1.165) is 16.7 Å². The number of aryl methyl sites for hydroxylation is 1. The largest absolute Gasteiger partial charge is 0.508 e. The molecule has 0 heterocycles. The molecule has 0 unspecified atom stereocenters. The Bertz CT molecular complexity index is 667. The molecule has 122 valence electrons. The van der Waals surface area contributed by atoms with Crippen molar-refractivity contribution in [2.24, 2.45) is 0 Å². The maximum absolute atomic E-state index is 10.00. The number of aromatic hydroxyl groups is 2. The Hall–Kier alpha value is -2.26. The molecule has 2 rings (SSSR count). The van der Waals surface area contributed by atoms with Crippen LogP contribution in [0, 0.1) is 0 Å². The topological polar surface area (TPSA) is 60.7 Å². The normalized spacial score (nSPS) is 12.0. The maximum Gasteiger partial charge on any atom is 0.122 e. The Balaban J connectivity index is 2.10. The van der Waals surface area contributed by atoms with Gasteiger partial charge in [0.2, 0.25) is 0 Å². The SMILES string of the molecule is CC(C)(O)CCc1cc(C/C=C/c2ccccc2)c(O)cc1O.